The maximum absolute atomic E-state index is 14.0. The summed E-state index contributed by atoms with van der Waals surface area (Å²) < 4.78 is 11.8. The number of ether oxygens (including phenoxy) is 1. The summed E-state index contributed by atoms with van der Waals surface area (Å²) >= 11 is 0. The second-order valence-corrected chi connectivity index (χ2v) is 12.0. The van der Waals surface area contributed by atoms with E-state index in [-0.39, 0.29) is 17.8 Å². The van der Waals surface area contributed by atoms with Crippen LogP contribution in [0.5, 0.6) is 0 Å². The van der Waals surface area contributed by atoms with E-state index in [9.17, 15) is 19.5 Å². The normalized spacial score (nSPS) is 52.8. The molecule has 1 N–H and O–H groups in total. The van der Waals surface area contributed by atoms with Crippen molar-refractivity contribution in [3.63, 3.8) is 0 Å². The first-order chi connectivity index (χ1) is 14.9. The molecule has 0 bridgehead atoms. The number of hydrogen-bond donors (Lipinski definition) is 1. The fourth-order valence-electron chi connectivity index (χ4n) is 9.24. The van der Waals surface area contributed by atoms with E-state index in [2.05, 4.69) is 6.92 Å². The summed E-state index contributed by atoms with van der Waals surface area (Å²) in [5, 5.41) is 11.7. The molecule has 0 aromatic carbocycles. The molecule has 170 valence electrons. The molecule has 0 amide bonds. The van der Waals surface area contributed by atoms with Crippen molar-refractivity contribution in [3.8, 4) is 0 Å². The van der Waals surface area contributed by atoms with Crippen LogP contribution < -0.4 is 0 Å². The number of ketones is 3. The van der Waals surface area contributed by atoms with Crippen LogP contribution in [0.4, 0.5) is 0 Å². The van der Waals surface area contributed by atoms with Gasteiger partial charge in [0.05, 0.1) is 30.1 Å². The predicted octanol–water partition coefficient (Wildman–Crippen LogP) is 3.24. The monoisotopic (exact) mass is 438 g/mol. The van der Waals surface area contributed by atoms with Crippen molar-refractivity contribution in [3.05, 3.63) is 36.3 Å². The van der Waals surface area contributed by atoms with Crippen molar-refractivity contribution in [2.75, 3.05) is 0 Å². The second kappa shape index (κ2) is 5.53. The van der Waals surface area contributed by atoms with Gasteiger partial charge in [0.15, 0.2) is 5.78 Å². The number of aliphatic hydroxyl groups excluding tert-OH is 1. The fraction of sp³-hybridized carbons (Fsp3) is 0.654. The molecule has 5 unspecified atom stereocenters. The lowest BCUT2D eigenvalue weighted by molar-refractivity contribution is -0.210. The number of hydrogen-bond acceptors (Lipinski definition) is 6. The summed E-state index contributed by atoms with van der Waals surface area (Å²) in [4.78, 5) is 40.5. The molecule has 1 aromatic rings. The van der Waals surface area contributed by atoms with Gasteiger partial charge in [-0.1, -0.05) is 33.8 Å². The standard InChI is InChI=1S/C26H30O6/c1-22(2)16(28)6-8-23(3)19-15(27)11-24(4)14(13-7-9-31-12-13)10-17-26(24,32-17)25(19,5)21(30)18(29)20(22)23/h6-9,12,14-15,17,19-20,27H,10-11H2,1-5H3/t14?,15?,17?,19?,20?,23-,24+,25+,26-/m1/s1. The number of Topliss-reactive ketones (excluding diaryl/α,β-unsaturated/α-hetero) is 2. The van der Waals surface area contributed by atoms with E-state index in [0.29, 0.717) is 6.42 Å². The number of furan rings is 1. The molecule has 2 heterocycles. The molecule has 6 rings (SSSR count). The lowest BCUT2D eigenvalue weighted by Crippen LogP contribution is -2.74. The lowest BCUT2D eigenvalue weighted by Gasteiger charge is -2.65. The zero-order chi connectivity index (χ0) is 23.1. The molecule has 4 aliphatic carbocycles. The molecular formula is C26H30O6. The number of carbonyl (C=O) groups is 3. The average Bonchev–Trinajstić information content (AvgIpc) is 3.08. The van der Waals surface area contributed by atoms with E-state index in [1.165, 1.54) is 0 Å². The van der Waals surface area contributed by atoms with Crippen LogP contribution in [-0.4, -0.2) is 40.3 Å². The van der Waals surface area contributed by atoms with E-state index in [0.717, 1.165) is 12.0 Å². The zero-order valence-corrected chi connectivity index (χ0v) is 19.2. The van der Waals surface area contributed by atoms with Gasteiger partial charge in [0.25, 0.3) is 0 Å². The number of allylic oxidation sites excluding steroid dienone is 2. The van der Waals surface area contributed by atoms with Gasteiger partial charge in [-0.05, 0) is 43.4 Å². The number of fused-ring (bicyclic) bond motifs is 3. The molecule has 9 atom stereocenters. The summed E-state index contributed by atoms with van der Waals surface area (Å²) in [5.41, 5.74) is -3.29. The van der Waals surface area contributed by atoms with Crippen LogP contribution in [0.1, 0.15) is 58.9 Å². The summed E-state index contributed by atoms with van der Waals surface area (Å²) in [7, 11) is 0. The highest BCUT2D eigenvalue weighted by Crippen LogP contribution is 2.81. The third kappa shape index (κ3) is 1.84. The first-order valence-electron chi connectivity index (χ1n) is 11.6. The van der Waals surface area contributed by atoms with Crippen LogP contribution in [0, 0.1) is 33.5 Å². The van der Waals surface area contributed by atoms with Crippen LogP contribution in [0.3, 0.4) is 0 Å². The number of aliphatic hydroxyl groups is 1. The Bertz CT molecular complexity index is 1100. The van der Waals surface area contributed by atoms with Gasteiger partial charge in [-0.2, -0.15) is 0 Å². The molecule has 1 aliphatic heterocycles. The third-order valence-corrected chi connectivity index (χ3v) is 10.3. The second-order valence-electron chi connectivity index (χ2n) is 12.0. The van der Waals surface area contributed by atoms with Gasteiger partial charge in [-0.3, -0.25) is 14.4 Å². The van der Waals surface area contributed by atoms with Crippen LogP contribution in [0.15, 0.2) is 35.2 Å². The molecule has 6 nitrogen and oxygen atoms in total. The molecular weight excluding hydrogens is 408 g/mol. The minimum absolute atomic E-state index is 0.0702. The highest BCUT2D eigenvalue weighted by molar-refractivity contribution is 6.42. The Morgan fingerprint density at radius 1 is 1.09 bits per heavy atom. The Balaban J connectivity index is 1.57. The minimum atomic E-state index is -1.17. The molecule has 1 aromatic heterocycles. The lowest BCUT2D eigenvalue weighted by atomic mass is 9.36. The first kappa shape index (κ1) is 20.5. The maximum atomic E-state index is 14.0. The maximum Gasteiger partial charge on any atom is 0.208 e. The topological polar surface area (TPSA) is 97.1 Å². The highest BCUT2D eigenvalue weighted by Gasteiger charge is 2.89. The summed E-state index contributed by atoms with van der Waals surface area (Å²) in [6.07, 6.45) is 6.95. The molecule has 1 spiro atoms. The number of rotatable bonds is 1. The molecule has 1 saturated heterocycles. The van der Waals surface area contributed by atoms with Gasteiger partial charge in [0.2, 0.25) is 11.6 Å². The van der Waals surface area contributed by atoms with E-state index in [4.69, 9.17) is 9.15 Å². The molecule has 4 fully saturated rings. The van der Waals surface area contributed by atoms with E-state index >= 15 is 0 Å². The van der Waals surface area contributed by atoms with Gasteiger partial charge in [-0.15, -0.1) is 0 Å². The van der Waals surface area contributed by atoms with Crippen LogP contribution in [-0.2, 0) is 19.1 Å². The Morgan fingerprint density at radius 2 is 1.81 bits per heavy atom. The van der Waals surface area contributed by atoms with Crippen LogP contribution in [0.25, 0.3) is 0 Å². The average molecular weight is 439 g/mol. The number of epoxide rings is 1. The van der Waals surface area contributed by atoms with Gasteiger partial charge in [-0.25, -0.2) is 0 Å². The third-order valence-electron chi connectivity index (χ3n) is 10.3. The van der Waals surface area contributed by atoms with Gasteiger partial charge >= 0.3 is 0 Å². The quantitative estimate of drug-likeness (QED) is 0.534. The Hall–Kier alpha value is -2.05. The molecule has 3 saturated carbocycles. The molecule has 32 heavy (non-hydrogen) atoms. The van der Waals surface area contributed by atoms with Crippen molar-refractivity contribution in [2.24, 2.45) is 33.5 Å². The van der Waals surface area contributed by atoms with Gasteiger partial charge < -0.3 is 14.3 Å². The van der Waals surface area contributed by atoms with Gasteiger partial charge in [0.1, 0.15) is 5.60 Å². The number of carbonyl (C=O) groups excluding carboxylic acids is 3. The summed E-state index contributed by atoms with van der Waals surface area (Å²) in [5.74, 6) is -2.38. The Kier molecular flexibility index (Phi) is 3.55. The van der Waals surface area contributed by atoms with Crippen molar-refractivity contribution in [2.45, 2.75) is 71.2 Å². The van der Waals surface area contributed by atoms with Crippen molar-refractivity contribution in [1.82, 2.24) is 0 Å². The van der Waals surface area contributed by atoms with Crippen LogP contribution >= 0.6 is 0 Å². The molecule has 0 radical (unpaired) electrons. The summed E-state index contributed by atoms with van der Waals surface area (Å²) in [6, 6.07) is 1.94. The fourth-order valence-corrected chi connectivity index (χ4v) is 9.24. The molecule has 6 heteroatoms. The minimum Gasteiger partial charge on any atom is -0.472 e. The Labute approximate surface area is 187 Å². The smallest absolute Gasteiger partial charge is 0.208 e. The van der Waals surface area contributed by atoms with E-state index in [1.807, 2.05) is 19.9 Å². The van der Waals surface area contributed by atoms with E-state index < -0.39 is 56.8 Å². The molecule has 5 aliphatic rings. The largest absolute Gasteiger partial charge is 0.472 e. The summed E-state index contributed by atoms with van der Waals surface area (Å²) in [6.45, 7) is 9.37. The van der Waals surface area contributed by atoms with Crippen molar-refractivity contribution >= 4 is 17.3 Å². The van der Waals surface area contributed by atoms with E-state index in [1.54, 1.807) is 38.5 Å². The van der Waals surface area contributed by atoms with Gasteiger partial charge in [0, 0.05) is 28.1 Å². The first-order valence-corrected chi connectivity index (χ1v) is 11.6. The predicted molar refractivity (Wildman–Crippen MR) is 114 cm³/mol. The SMILES string of the molecule is CC1(C)C(=O)C=C[C@@]2(C)C1C(=O)C(=O)[C@]1(C)C2C(O)C[C@@]2(C)C(c3ccoc3)CC3O[C@]321. The van der Waals surface area contributed by atoms with Crippen LogP contribution in [0.2, 0.25) is 0 Å². The zero-order valence-electron chi connectivity index (χ0n) is 19.2. The Morgan fingerprint density at radius 3 is 2.47 bits per heavy atom. The highest BCUT2D eigenvalue weighted by atomic mass is 16.6. The van der Waals surface area contributed by atoms with Crippen molar-refractivity contribution < 1.29 is 28.6 Å². The van der Waals surface area contributed by atoms with Crippen molar-refractivity contribution in [1.29, 1.82) is 0 Å².